The molecule has 7 heteroatoms. The summed E-state index contributed by atoms with van der Waals surface area (Å²) in [6.45, 7) is 7.33. The molecule has 0 amide bonds. The minimum absolute atomic E-state index is 0.179. The van der Waals surface area contributed by atoms with E-state index in [1.807, 2.05) is 16.9 Å². The summed E-state index contributed by atoms with van der Waals surface area (Å²) in [5, 5.41) is 4.44. The van der Waals surface area contributed by atoms with E-state index in [4.69, 9.17) is 0 Å². The van der Waals surface area contributed by atoms with Gasteiger partial charge in [-0.25, -0.2) is 13.1 Å². The molecular formula is C18H26N4O2S. The normalized spacial score (nSPS) is 18.3. The van der Waals surface area contributed by atoms with E-state index in [1.54, 1.807) is 0 Å². The van der Waals surface area contributed by atoms with Gasteiger partial charge >= 0.3 is 0 Å². The van der Waals surface area contributed by atoms with Gasteiger partial charge in [-0.3, -0.25) is 9.58 Å². The molecule has 3 rings (SSSR count). The van der Waals surface area contributed by atoms with Crippen molar-refractivity contribution in [3.63, 3.8) is 0 Å². The molecule has 1 aliphatic heterocycles. The quantitative estimate of drug-likeness (QED) is 0.853. The first-order valence-corrected chi connectivity index (χ1v) is 10.5. The van der Waals surface area contributed by atoms with E-state index in [2.05, 4.69) is 46.8 Å². The van der Waals surface area contributed by atoms with Crippen LogP contribution in [0.3, 0.4) is 0 Å². The van der Waals surface area contributed by atoms with Crippen molar-refractivity contribution < 1.29 is 8.42 Å². The molecule has 1 N–H and O–H groups in total. The fourth-order valence-corrected chi connectivity index (χ4v) is 3.91. The minimum Gasteiger partial charge on any atom is -0.291 e. The maximum absolute atomic E-state index is 11.3. The third-order valence-electron chi connectivity index (χ3n) is 4.69. The highest BCUT2D eigenvalue weighted by Gasteiger charge is 2.25. The number of hydrogen-bond donors (Lipinski definition) is 1. The number of aryl methyl sites for hydroxylation is 2. The van der Waals surface area contributed by atoms with Gasteiger partial charge in [0.05, 0.1) is 18.0 Å². The third kappa shape index (κ3) is 4.68. The summed E-state index contributed by atoms with van der Waals surface area (Å²) in [6, 6.07) is 8.79. The monoisotopic (exact) mass is 362 g/mol. The summed E-state index contributed by atoms with van der Waals surface area (Å²) in [4.78, 5) is 2.42. The zero-order chi connectivity index (χ0) is 18.0. The molecule has 25 heavy (non-hydrogen) atoms. The first-order chi connectivity index (χ1) is 11.8. The number of aromatic nitrogens is 2. The second-order valence-corrected chi connectivity index (χ2v) is 8.81. The van der Waals surface area contributed by atoms with Crippen LogP contribution in [0.2, 0.25) is 0 Å². The fraction of sp³-hybridized carbons (Fsp3) is 0.500. The van der Waals surface area contributed by atoms with E-state index >= 15 is 0 Å². The van der Waals surface area contributed by atoms with Crippen molar-refractivity contribution in [2.45, 2.75) is 39.4 Å². The SMILES string of the molecule is Cc1ccc(C)c(CN2Cc3ccnn3[C@H](CCNS(C)(=O)=O)C2)c1. The highest BCUT2D eigenvalue weighted by molar-refractivity contribution is 7.88. The summed E-state index contributed by atoms with van der Waals surface area (Å²) >= 11 is 0. The lowest BCUT2D eigenvalue weighted by Gasteiger charge is -2.34. The average molecular weight is 362 g/mol. The molecule has 1 aliphatic rings. The summed E-state index contributed by atoms with van der Waals surface area (Å²) in [5.41, 5.74) is 5.11. The van der Waals surface area contributed by atoms with Crippen LogP contribution >= 0.6 is 0 Å². The number of nitrogens with one attached hydrogen (secondary N) is 1. The fourth-order valence-electron chi connectivity index (χ4n) is 3.42. The molecule has 1 aromatic carbocycles. The second-order valence-electron chi connectivity index (χ2n) is 6.98. The Bertz CT molecular complexity index is 845. The number of benzene rings is 1. The number of rotatable bonds is 6. The molecule has 0 radical (unpaired) electrons. The van der Waals surface area contributed by atoms with Gasteiger partial charge in [-0.2, -0.15) is 5.10 Å². The van der Waals surface area contributed by atoms with Crippen LogP contribution in [0.4, 0.5) is 0 Å². The van der Waals surface area contributed by atoms with E-state index in [0.717, 1.165) is 26.1 Å². The van der Waals surface area contributed by atoms with Crippen LogP contribution in [0, 0.1) is 13.8 Å². The Morgan fingerprint density at radius 2 is 2.08 bits per heavy atom. The van der Waals surface area contributed by atoms with Gasteiger partial charge in [-0.05, 0) is 37.5 Å². The Morgan fingerprint density at radius 3 is 2.84 bits per heavy atom. The van der Waals surface area contributed by atoms with E-state index in [-0.39, 0.29) is 6.04 Å². The van der Waals surface area contributed by atoms with Crippen molar-refractivity contribution in [1.82, 2.24) is 19.4 Å². The van der Waals surface area contributed by atoms with Gasteiger partial charge in [-0.15, -0.1) is 0 Å². The lowest BCUT2D eigenvalue weighted by Crippen LogP contribution is -2.39. The zero-order valence-corrected chi connectivity index (χ0v) is 15.9. The smallest absolute Gasteiger partial charge is 0.208 e. The predicted molar refractivity (Wildman–Crippen MR) is 98.8 cm³/mol. The molecule has 2 heterocycles. The first-order valence-electron chi connectivity index (χ1n) is 8.57. The molecular weight excluding hydrogens is 336 g/mol. The van der Waals surface area contributed by atoms with Gasteiger partial charge < -0.3 is 0 Å². The topological polar surface area (TPSA) is 67.2 Å². The molecule has 0 saturated carbocycles. The number of sulfonamides is 1. The molecule has 1 atom stereocenters. The molecule has 0 unspecified atom stereocenters. The number of nitrogens with zero attached hydrogens (tertiary/aromatic N) is 3. The Morgan fingerprint density at radius 1 is 1.28 bits per heavy atom. The summed E-state index contributed by atoms with van der Waals surface area (Å²) in [6.07, 6.45) is 3.75. The standard InChI is InChI=1S/C18H26N4O2S/c1-14-4-5-15(2)16(10-14)11-21-12-17-6-8-19-22(17)18(13-21)7-9-20-25(3,23)24/h4-6,8,10,18,20H,7,9,11-13H2,1-3H3/t18-/m1/s1. The van der Waals surface area contributed by atoms with Crippen LogP contribution < -0.4 is 4.72 Å². The lowest BCUT2D eigenvalue weighted by atomic mass is 10.0. The molecule has 0 fully saturated rings. The molecule has 0 bridgehead atoms. The largest absolute Gasteiger partial charge is 0.291 e. The van der Waals surface area contributed by atoms with E-state index in [9.17, 15) is 8.42 Å². The molecule has 1 aromatic heterocycles. The molecule has 6 nitrogen and oxygen atoms in total. The Balaban J connectivity index is 1.72. The van der Waals surface area contributed by atoms with E-state index in [0.29, 0.717) is 6.54 Å². The maximum atomic E-state index is 11.3. The molecule has 0 aliphatic carbocycles. The maximum Gasteiger partial charge on any atom is 0.208 e. The summed E-state index contributed by atoms with van der Waals surface area (Å²) < 4.78 is 27.2. The highest BCUT2D eigenvalue weighted by Crippen LogP contribution is 2.25. The van der Waals surface area contributed by atoms with Crippen LogP contribution in [0.25, 0.3) is 0 Å². The predicted octanol–water partition coefficient (Wildman–Crippen LogP) is 2.00. The molecule has 0 saturated heterocycles. The third-order valence-corrected chi connectivity index (χ3v) is 5.42. The minimum atomic E-state index is -3.15. The van der Waals surface area contributed by atoms with E-state index < -0.39 is 10.0 Å². The van der Waals surface area contributed by atoms with Crippen LogP contribution in [-0.2, 0) is 23.1 Å². The van der Waals surface area contributed by atoms with Crippen molar-refractivity contribution in [3.05, 3.63) is 52.8 Å². The Kier molecular flexibility index (Phi) is 5.27. The van der Waals surface area contributed by atoms with Crippen molar-refractivity contribution in [1.29, 1.82) is 0 Å². The average Bonchev–Trinajstić information content (AvgIpc) is 2.98. The number of fused-ring (bicyclic) bond motifs is 1. The zero-order valence-electron chi connectivity index (χ0n) is 15.1. The van der Waals surface area contributed by atoms with Gasteiger partial charge in [0.1, 0.15) is 0 Å². The van der Waals surface area contributed by atoms with Gasteiger partial charge in [0, 0.05) is 32.4 Å². The highest BCUT2D eigenvalue weighted by atomic mass is 32.2. The van der Waals surface area contributed by atoms with Crippen molar-refractivity contribution in [3.8, 4) is 0 Å². The van der Waals surface area contributed by atoms with Crippen molar-refractivity contribution in [2.75, 3.05) is 19.3 Å². The van der Waals surface area contributed by atoms with Crippen LogP contribution in [0.15, 0.2) is 30.5 Å². The van der Waals surface area contributed by atoms with Crippen molar-refractivity contribution in [2.24, 2.45) is 0 Å². The Labute approximate surface area is 149 Å². The van der Waals surface area contributed by atoms with Crippen LogP contribution in [0.1, 0.15) is 34.8 Å². The first kappa shape index (κ1) is 18.1. The molecule has 0 spiro atoms. The second kappa shape index (κ2) is 7.27. The molecule has 136 valence electrons. The van der Waals surface area contributed by atoms with Gasteiger partial charge in [-0.1, -0.05) is 23.8 Å². The van der Waals surface area contributed by atoms with Gasteiger partial charge in [0.15, 0.2) is 0 Å². The van der Waals surface area contributed by atoms with Crippen LogP contribution in [-0.4, -0.2) is 42.4 Å². The van der Waals surface area contributed by atoms with Gasteiger partial charge in [0.2, 0.25) is 10.0 Å². The van der Waals surface area contributed by atoms with E-state index in [1.165, 1.54) is 28.6 Å². The Hall–Kier alpha value is -1.70. The number of hydrogen-bond acceptors (Lipinski definition) is 4. The van der Waals surface area contributed by atoms with Gasteiger partial charge in [0.25, 0.3) is 0 Å². The summed E-state index contributed by atoms with van der Waals surface area (Å²) in [5.74, 6) is 0. The van der Waals surface area contributed by atoms with Crippen LogP contribution in [0.5, 0.6) is 0 Å². The molecule has 2 aromatic rings. The summed E-state index contributed by atoms with van der Waals surface area (Å²) in [7, 11) is -3.15. The lowest BCUT2D eigenvalue weighted by molar-refractivity contribution is 0.162. The van der Waals surface area contributed by atoms with Crippen molar-refractivity contribution >= 4 is 10.0 Å².